The van der Waals surface area contributed by atoms with Gasteiger partial charge in [0.05, 0.1) is 6.20 Å². The van der Waals surface area contributed by atoms with Crippen molar-refractivity contribution < 1.29 is 13.9 Å². The van der Waals surface area contributed by atoms with E-state index in [1.165, 1.54) is 22.8 Å². The van der Waals surface area contributed by atoms with E-state index in [4.69, 9.17) is 4.74 Å². The lowest BCUT2D eigenvalue weighted by molar-refractivity contribution is 0.102. The smallest absolute Gasteiger partial charge is 0.261 e. The third-order valence-corrected chi connectivity index (χ3v) is 3.93. The van der Waals surface area contributed by atoms with E-state index in [-0.39, 0.29) is 11.7 Å². The van der Waals surface area contributed by atoms with Crippen LogP contribution in [0.15, 0.2) is 73.2 Å². The van der Waals surface area contributed by atoms with Crippen molar-refractivity contribution in [3.63, 3.8) is 0 Å². The van der Waals surface area contributed by atoms with Crippen molar-refractivity contribution in [3.05, 3.63) is 90.1 Å². The Labute approximate surface area is 154 Å². The highest BCUT2D eigenvalue weighted by atomic mass is 19.1. The fourth-order valence-corrected chi connectivity index (χ4v) is 2.60. The third kappa shape index (κ3) is 3.77. The molecule has 0 aliphatic heterocycles. The first kappa shape index (κ1) is 16.7. The van der Waals surface area contributed by atoms with Crippen LogP contribution in [0.4, 0.5) is 10.1 Å². The summed E-state index contributed by atoms with van der Waals surface area (Å²) in [6, 6.07) is 14.9. The number of carbonyl (C=O) groups is 1. The maximum atomic E-state index is 12.9. The Kier molecular flexibility index (Phi) is 4.49. The summed E-state index contributed by atoms with van der Waals surface area (Å²) in [5.41, 5.74) is 2.31. The number of hydrogen-bond donors (Lipinski definition) is 1. The lowest BCUT2D eigenvalue weighted by Gasteiger charge is -2.09. The molecule has 0 unspecified atom stereocenters. The molecule has 0 aliphatic rings. The Bertz CT molecular complexity index is 1090. The van der Waals surface area contributed by atoms with Crippen LogP contribution in [0.2, 0.25) is 0 Å². The minimum Gasteiger partial charge on any atom is -0.489 e. The van der Waals surface area contributed by atoms with E-state index in [0.29, 0.717) is 29.3 Å². The quantitative estimate of drug-likeness (QED) is 0.588. The lowest BCUT2D eigenvalue weighted by Crippen LogP contribution is -2.12. The molecule has 0 fully saturated rings. The summed E-state index contributed by atoms with van der Waals surface area (Å²) in [5, 5.41) is 6.93. The first-order chi connectivity index (χ1) is 13.2. The standard InChI is InChI=1S/C20H15FN4O2/c21-15-7-5-14(6-8-15)13-27-17-4-1-3-16(11-17)24-20(26)18-12-23-25-10-2-9-22-19(18)25/h1-12H,13H2,(H,24,26). The first-order valence-electron chi connectivity index (χ1n) is 8.26. The van der Waals surface area contributed by atoms with Crippen LogP contribution in [0.5, 0.6) is 5.75 Å². The zero-order chi connectivity index (χ0) is 18.6. The van der Waals surface area contributed by atoms with Crippen molar-refractivity contribution in [3.8, 4) is 5.75 Å². The number of halogens is 1. The fraction of sp³-hybridized carbons (Fsp3) is 0.0500. The van der Waals surface area contributed by atoms with Gasteiger partial charge in [-0.3, -0.25) is 4.79 Å². The number of benzene rings is 2. The molecule has 2 aromatic heterocycles. The van der Waals surface area contributed by atoms with Crippen molar-refractivity contribution in [2.75, 3.05) is 5.32 Å². The molecule has 4 rings (SSSR count). The van der Waals surface area contributed by atoms with E-state index in [2.05, 4.69) is 15.4 Å². The predicted molar refractivity (Wildman–Crippen MR) is 98.1 cm³/mol. The number of carbonyl (C=O) groups excluding carboxylic acids is 1. The molecule has 0 bridgehead atoms. The molecule has 0 saturated heterocycles. The van der Waals surface area contributed by atoms with Crippen molar-refractivity contribution in [2.45, 2.75) is 6.61 Å². The molecule has 0 aliphatic carbocycles. The van der Waals surface area contributed by atoms with E-state index in [9.17, 15) is 9.18 Å². The zero-order valence-electron chi connectivity index (χ0n) is 14.2. The molecule has 0 atom stereocenters. The number of ether oxygens (including phenoxy) is 1. The van der Waals surface area contributed by atoms with Gasteiger partial charge >= 0.3 is 0 Å². The van der Waals surface area contributed by atoms with Gasteiger partial charge < -0.3 is 10.1 Å². The summed E-state index contributed by atoms with van der Waals surface area (Å²) in [6.45, 7) is 0.301. The molecule has 1 N–H and O–H groups in total. The number of rotatable bonds is 5. The Morgan fingerprint density at radius 2 is 2.00 bits per heavy atom. The Balaban J connectivity index is 1.45. The Morgan fingerprint density at radius 3 is 2.85 bits per heavy atom. The summed E-state index contributed by atoms with van der Waals surface area (Å²) < 4.78 is 20.2. The van der Waals surface area contributed by atoms with Crippen molar-refractivity contribution in [1.82, 2.24) is 14.6 Å². The van der Waals surface area contributed by atoms with Crippen LogP contribution in [0.3, 0.4) is 0 Å². The molecule has 7 heteroatoms. The minimum atomic E-state index is -0.306. The predicted octanol–water partition coefficient (Wildman–Crippen LogP) is 3.70. The van der Waals surface area contributed by atoms with Gasteiger partial charge in [-0.2, -0.15) is 5.10 Å². The minimum absolute atomic E-state index is 0.286. The Hall–Kier alpha value is -3.74. The highest BCUT2D eigenvalue weighted by Crippen LogP contribution is 2.20. The monoisotopic (exact) mass is 362 g/mol. The van der Waals surface area contributed by atoms with Crippen LogP contribution in [-0.2, 0) is 6.61 Å². The summed E-state index contributed by atoms with van der Waals surface area (Å²) in [5.74, 6) is 0.000127. The van der Waals surface area contributed by atoms with E-state index in [1.54, 1.807) is 54.9 Å². The second-order valence-corrected chi connectivity index (χ2v) is 5.84. The molecule has 0 spiro atoms. The zero-order valence-corrected chi connectivity index (χ0v) is 14.2. The number of aromatic nitrogens is 3. The van der Waals surface area contributed by atoms with Crippen LogP contribution in [-0.4, -0.2) is 20.5 Å². The summed E-state index contributed by atoms with van der Waals surface area (Å²) in [4.78, 5) is 16.7. The van der Waals surface area contributed by atoms with Crippen LogP contribution in [0, 0.1) is 5.82 Å². The number of amides is 1. The molecule has 2 heterocycles. The molecule has 2 aromatic carbocycles. The second-order valence-electron chi connectivity index (χ2n) is 5.84. The van der Waals surface area contributed by atoms with E-state index in [1.807, 2.05) is 0 Å². The molecule has 0 radical (unpaired) electrons. The first-order valence-corrected chi connectivity index (χ1v) is 8.26. The number of nitrogens with one attached hydrogen (secondary N) is 1. The topological polar surface area (TPSA) is 68.5 Å². The molecule has 0 saturated carbocycles. The summed E-state index contributed by atoms with van der Waals surface area (Å²) in [7, 11) is 0. The van der Waals surface area contributed by atoms with Crippen LogP contribution in [0.25, 0.3) is 5.65 Å². The number of anilines is 1. The maximum absolute atomic E-state index is 12.9. The van der Waals surface area contributed by atoms with Crippen molar-refractivity contribution in [2.24, 2.45) is 0 Å². The fourth-order valence-electron chi connectivity index (χ4n) is 2.60. The van der Waals surface area contributed by atoms with E-state index >= 15 is 0 Å². The second kappa shape index (κ2) is 7.25. The van der Waals surface area contributed by atoms with Gasteiger partial charge in [-0.15, -0.1) is 0 Å². The lowest BCUT2D eigenvalue weighted by atomic mass is 10.2. The van der Waals surface area contributed by atoms with Gasteiger partial charge in [-0.1, -0.05) is 18.2 Å². The highest BCUT2D eigenvalue weighted by Gasteiger charge is 2.14. The molecular formula is C20H15FN4O2. The molecular weight excluding hydrogens is 347 g/mol. The van der Waals surface area contributed by atoms with Gasteiger partial charge in [0.2, 0.25) is 0 Å². The average molecular weight is 362 g/mol. The molecule has 6 nitrogen and oxygen atoms in total. The van der Waals surface area contributed by atoms with Gasteiger partial charge in [0.25, 0.3) is 5.91 Å². The highest BCUT2D eigenvalue weighted by molar-refractivity contribution is 6.08. The van der Waals surface area contributed by atoms with Crippen LogP contribution < -0.4 is 10.1 Å². The van der Waals surface area contributed by atoms with Gasteiger partial charge in [0, 0.05) is 24.1 Å². The van der Waals surface area contributed by atoms with E-state index in [0.717, 1.165) is 5.56 Å². The number of hydrogen-bond acceptors (Lipinski definition) is 4. The summed E-state index contributed by atoms with van der Waals surface area (Å²) >= 11 is 0. The number of fused-ring (bicyclic) bond motifs is 1. The SMILES string of the molecule is O=C(Nc1cccc(OCc2ccc(F)cc2)c1)c1cnn2cccnc12. The van der Waals surface area contributed by atoms with Gasteiger partial charge in [-0.25, -0.2) is 13.9 Å². The van der Waals surface area contributed by atoms with Crippen LogP contribution >= 0.6 is 0 Å². The molecule has 1 amide bonds. The van der Waals surface area contributed by atoms with Crippen molar-refractivity contribution >= 4 is 17.2 Å². The molecule has 134 valence electrons. The molecule has 27 heavy (non-hydrogen) atoms. The van der Waals surface area contributed by atoms with Gasteiger partial charge in [0.1, 0.15) is 23.7 Å². The largest absolute Gasteiger partial charge is 0.489 e. The van der Waals surface area contributed by atoms with Gasteiger partial charge in [0.15, 0.2) is 5.65 Å². The maximum Gasteiger partial charge on any atom is 0.261 e. The molecule has 4 aromatic rings. The third-order valence-electron chi connectivity index (χ3n) is 3.93. The average Bonchev–Trinajstić information content (AvgIpc) is 3.12. The van der Waals surface area contributed by atoms with Crippen LogP contribution in [0.1, 0.15) is 15.9 Å². The Morgan fingerprint density at radius 1 is 1.15 bits per heavy atom. The van der Waals surface area contributed by atoms with Gasteiger partial charge in [-0.05, 0) is 35.9 Å². The normalized spacial score (nSPS) is 10.7. The summed E-state index contributed by atoms with van der Waals surface area (Å²) in [6.07, 6.45) is 4.81. The van der Waals surface area contributed by atoms with Crippen molar-refractivity contribution in [1.29, 1.82) is 0 Å². The number of nitrogens with zero attached hydrogens (tertiary/aromatic N) is 3. The van der Waals surface area contributed by atoms with E-state index < -0.39 is 0 Å².